The van der Waals surface area contributed by atoms with E-state index in [1.54, 1.807) is 34.7 Å². The van der Waals surface area contributed by atoms with Gasteiger partial charge in [0.05, 0.1) is 8.47 Å². The summed E-state index contributed by atoms with van der Waals surface area (Å²) in [4.78, 5) is -0.343. The Bertz CT molecular complexity index is 902. The van der Waals surface area contributed by atoms with Crippen LogP contribution >= 0.6 is 22.6 Å². The first-order valence-electron chi connectivity index (χ1n) is 5.88. The molecule has 0 fully saturated rings. The molecule has 0 bridgehead atoms. The largest absolute Gasteiger partial charge is 0.378 e. The van der Waals surface area contributed by atoms with Crippen molar-refractivity contribution in [2.75, 3.05) is 0 Å². The minimum Gasteiger partial charge on any atom is -0.378 e. The molecule has 6 nitrogen and oxygen atoms in total. The second-order valence-electron chi connectivity index (χ2n) is 4.42. The zero-order chi connectivity index (χ0) is 16.5. The SMILES string of the molecule is Cc1ccc(S(=O)(=O)Oc2ccc(S(=O)(=O)O)cc2I)cc1. The average molecular weight is 454 g/mol. The quantitative estimate of drug-likeness (QED) is 0.434. The number of hydrogen-bond acceptors (Lipinski definition) is 5. The Morgan fingerprint density at radius 3 is 2.00 bits per heavy atom. The lowest BCUT2D eigenvalue weighted by atomic mass is 10.2. The fourth-order valence-corrected chi connectivity index (χ4v) is 4.02. The molecular formula is C13H11IO6S2. The van der Waals surface area contributed by atoms with E-state index >= 15 is 0 Å². The standard InChI is InChI=1S/C13H11IO6S2/c1-9-2-4-10(5-3-9)22(18,19)20-13-7-6-11(8-12(13)14)21(15,16)17/h2-8H,1H3,(H,15,16,17). The molecule has 0 aromatic heterocycles. The van der Waals surface area contributed by atoms with E-state index in [2.05, 4.69) is 0 Å². The molecule has 0 saturated carbocycles. The van der Waals surface area contributed by atoms with Crippen LogP contribution in [-0.4, -0.2) is 21.4 Å². The van der Waals surface area contributed by atoms with Crippen molar-refractivity contribution in [1.29, 1.82) is 0 Å². The fraction of sp³-hybridized carbons (Fsp3) is 0.0769. The van der Waals surface area contributed by atoms with E-state index in [0.29, 0.717) is 0 Å². The third kappa shape index (κ3) is 3.97. The maximum absolute atomic E-state index is 12.2. The predicted molar refractivity (Wildman–Crippen MR) is 88.0 cm³/mol. The van der Waals surface area contributed by atoms with E-state index in [1.807, 2.05) is 6.92 Å². The van der Waals surface area contributed by atoms with E-state index in [0.717, 1.165) is 17.7 Å². The maximum Gasteiger partial charge on any atom is 0.339 e. The van der Waals surface area contributed by atoms with Crippen molar-refractivity contribution < 1.29 is 25.6 Å². The molecule has 0 spiro atoms. The third-order valence-electron chi connectivity index (χ3n) is 2.71. The molecule has 9 heteroatoms. The first-order valence-corrected chi connectivity index (χ1v) is 9.80. The highest BCUT2D eigenvalue weighted by Gasteiger charge is 2.19. The van der Waals surface area contributed by atoms with Crippen LogP contribution in [0.5, 0.6) is 5.75 Å². The van der Waals surface area contributed by atoms with Crippen LogP contribution in [0.4, 0.5) is 0 Å². The molecule has 2 aromatic carbocycles. The summed E-state index contributed by atoms with van der Waals surface area (Å²) in [5.41, 5.74) is 0.908. The zero-order valence-electron chi connectivity index (χ0n) is 11.2. The van der Waals surface area contributed by atoms with Crippen LogP contribution in [0.2, 0.25) is 0 Å². The van der Waals surface area contributed by atoms with Gasteiger partial charge in [0.15, 0.2) is 5.75 Å². The van der Waals surface area contributed by atoms with E-state index in [4.69, 9.17) is 8.74 Å². The first-order chi connectivity index (χ1) is 10.1. The predicted octanol–water partition coefficient (Wildman–Crippen LogP) is 2.61. The van der Waals surface area contributed by atoms with Crippen LogP contribution in [0.15, 0.2) is 52.3 Å². The average Bonchev–Trinajstić information content (AvgIpc) is 2.40. The van der Waals surface area contributed by atoms with E-state index in [-0.39, 0.29) is 19.1 Å². The fourth-order valence-electron chi connectivity index (χ4n) is 1.58. The van der Waals surface area contributed by atoms with Gasteiger partial charge in [0, 0.05) is 0 Å². The van der Waals surface area contributed by atoms with Crippen LogP contribution in [0, 0.1) is 10.5 Å². The Morgan fingerprint density at radius 2 is 1.50 bits per heavy atom. The number of halogens is 1. The molecule has 0 aliphatic rings. The van der Waals surface area contributed by atoms with Crippen LogP contribution < -0.4 is 4.18 Å². The highest BCUT2D eigenvalue weighted by molar-refractivity contribution is 14.1. The van der Waals surface area contributed by atoms with E-state index in [9.17, 15) is 16.8 Å². The maximum atomic E-state index is 12.2. The van der Waals surface area contributed by atoms with Gasteiger partial charge < -0.3 is 4.18 Å². The van der Waals surface area contributed by atoms with Crippen molar-refractivity contribution >= 4 is 42.8 Å². The van der Waals surface area contributed by atoms with Gasteiger partial charge >= 0.3 is 10.1 Å². The van der Waals surface area contributed by atoms with Crippen LogP contribution in [0.25, 0.3) is 0 Å². The van der Waals surface area contributed by atoms with Crippen LogP contribution in [-0.2, 0) is 20.2 Å². The number of benzene rings is 2. The topological polar surface area (TPSA) is 97.7 Å². The molecule has 0 radical (unpaired) electrons. The third-order valence-corrected chi connectivity index (χ3v) is 5.65. The monoisotopic (exact) mass is 454 g/mol. The molecule has 22 heavy (non-hydrogen) atoms. The summed E-state index contributed by atoms with van der Waals surface area (Å²) in [6.07, 6.45) is 0. The second-order valence-corrected chi connectivity index (χ2v) is 8.55. The van der Waals surface area contributed by atoms with Crippen molar-refractivity contribution in [3.8, 4) is 5.75 Å². The molecule has 1 N–H and O–H groups in total. The Morgan fingerprint density at radius 1 is 0.955 bits per heavy atom. The van der Waals surface area contributed by atoms with Gasteiger partial charge in [0.25, 0.3) is 10.1 Å². The molecule has 2 rings (SSSR count). The molecule has 0 amide bonds. The second kappa shape index (κ2) is 6.14. The molecule has 118 valence electrons. The summed E-state index contributed by atoms with van der Waals surface area (Å²) >= 11 is 1.73. The molecule has 0 aliphatic carbocycles. The molecule has 0 atom stereocenters. The van der Waals surface area contributed by atoms with Gasteiger partial charge in [-0.3, -0.25) is 4.55 Å². The van der Waals surface area contributed by atoms with Gasteiger partial charge in [-0.1, -0.05) is 17.7 Å². The van der Waals surface area contributed by atoms with Crippen molar-refractivity contribution in [2.45, 2.75) is 16.7 Å². The van der Waals surface area contributed by atoms with Crippen molar-refractivity contribution in [1.82, 2.24) is 0 Å². The van der Waals surface area contributed by atoms with Crippen LogP contribution in [0.3, 0.4) is 0 Å². The van der Waals surface area contributed by atoms with Gasteiger partial charge in [0.1, 0.15) is 4.90 Å². The highest BCUT2D eigenvalue weighted by atomic mass is 127. The number of rotatable bonds is 4. The molecule has 2 aromatic rings. The van der Waals surface area contributed by atoms with Crippen LogP contribution in [0.1, 0.15) is 5.56 Å². The lowest BCUT2D eigenvalue weighted by molar-refractivity contribution is 0.481. The number of aryl methyl sites for hydroxylation is 1. The molecule has 0 heterocycles. The van der Waals surface area contributed by atoms with Crippen molar-refractivity contribution in [3.05, 3.63) is 51.6 Å². The van der Waals surface area contributed by atoms with Gasteiger partial charge in [-0.05, 0) is 59.8 Å². The molecular weight excluding hydrogens is 443 g/mol. The summed E-state index contributed by atoms with van der Waals surface area (Å²) < 4.78 is 60.6. The first kappa shape index (κ1) is 17.2. The molecule has 0 saturated heterocycles. The Balaban J connectivity index is 2.36. The minimum absolute atomic E-state index is 0.00671. The van der Waals surface area contributed by atoms with Gasteiger partial charge in [-0.25, -0.2) is 0 Å². The van der Waals surface area contributed by atoms with Gasteiger partial charge in [-0.15, -0.1) is 0 Å². The summed E-state index contributed by atoms with van der Waals surface area (Å²) in [5, 5.41) is 0. The van der Waals surface area contributed by atoms with Gasteiger partial charge in [-0.2, -0.15) is 16.8 Å². The highest BCUT2D eigenvalue weighted by Crippen LogP contribution is 2.27. The number of hydrogen-bond donors (Lipinski definition) is 1. The summed E-state index contributed by atoms with van der Waals surface area (Å²) in [6, 6.07) is 9.49. The van der Waals surface area contributed by atoms with Crippen molar-refractivity contribution in [3.63, 3.8) is 0 Å². The zero-order valence-corrected chi connectivity index (χ0v) is 15.0. The van der Waals surface area contributed by atoms with E-state index in [1.165, 1.54) is 18.2 Å². The smallest absolute Gasteiger partial charge is 0.339 e. The lowest BCUT2D eigenvalue weighted by Crippen LogP contribution is -2.11. The Kier molecular flexibility index (Phi) is 4.80. The Labute approximate surface area is 142 Å². The summed E-state index contributed by atoms with van der Waals surface area (Å²) in [6.45, 7) is 1.83. The lowest BCUT2D eigenvalue weighted by Gasteiger charge is -2.09. The van der Waals surface area contributed by atoms with Gasteiger partial charge in [0.2, 0.25) is 0 Å². The molecule has 0 unspecified atom stereocenters. The Hall–Kier alpha value is -1.17. The summed E-state index contributed by atoms with van der Waals surface area (Å²) in [5.74, 6) is -0.0198. The summed E-state index contributed by atoms with van der Waals surface area (Å²) in [7, 11) is -8.37. The minimum atomic E-state index is -4.35. The van der Waals surface area contributed by atoms with E-state index < -0.39 is 20.2 Å². The van der Waals surface area contributed by atoms with Crippen molar-refractivity contribution in [2.24, 2.45) is 0 Å². The normalized spacial score (nSPS) is 12.1. The molecule has 0 aliphatic heterocycles.